The van der Waals surface area contributed by atoms with E-state index in [1.807, 2.05) is 13.8 Å². The van der Waals surface area contributed by atoms with Crippen molar-refractivity contribution in [3.05, 3.63) is 28.8 Å². The average Bonchev–Trinajstić information content (AvgIpc) is 2.39. The summed E-state index contributed by atoms with van der Waals surface area (Å²) in [6.45, 7) is 4.00. The molecule has 0 bridgehead atoms. The number of nitrogens with zero attached hydrogens (tertiary/aromatic N) is 1. The first-order valence-electron chi connectivity index (χ1n) is 6.79. The van der Waals surface area contributed by atoms with Crippen molar-refractivity contribution in [2.24, 2.45) is 5.92 Å². The molecular weight excluding hydrogens is 290 g/mol. The summed E-state index contributed by atoms with van der Waals surface area (Å²) in [6.07, 6.45) is 0.575. The SMILES string of the molecule is CC(C)CC(NC(=O)c1ccc(N)c(Cl)c1)C(=O)N(C)C. The van der Waals surface area contributed by atoms with Crippen LogP contribution < -0.4 is 11.1 Å². The predicted octanol–water partition coefficient (Wildman–Crippen LogP) is 2.15. The normalized spacial score (nSPS) is 12.1. The molecule has 2 amide bonds. The fourth-order valence-electron chi connectivity index (χ4n) is 1.91. The number of nitrogens with two attached hydrogens (primary N) is 1. The van der Waals surface area contributed by atoms with Crippen molar-refractivity contribution < 1.29 is 9.59 Å². The van der Waals surface area contributed by atoms with Crippen LogP contribution in [0.3, 0.4) is 0 Å². The summed E-state index contributed by atoms with van der Waals surface area (Å²) in [5.41, 5.74) is 6.42. The number of benzene rings is 1. The lowest BCUT2D eigenvalue weighted by Gasteiger charge is -2.23. The van der Waals surface area contributed by atoms with E-state index in [9.17, 15) is 9.59 Å². The van der Waals surface area contributed by atoms with Gasteiger partial charge in [0, 0.05) is 19.7 Å². The molecule has 0 saturated carbocycles. The Kier molecular flexibility index (Phi) is 6.03. The van der Waals surface area contributed by atoms with E-state index in [2.05, 4.69) is 5.32 Å². The second-order valence-corrected chi connectivity index (χ2v) is 6.03. The highest BCUT2D eigenvalue weighted by atomic mass is 35.5. The number of anilines is 1. The summed E-state index contributed by atoms with van der Waals surface area (Å²) in [5.74, 6) is -0.175. The largest absolute Gasteiger partial charge is 0.398 e. The molecule has 0 heterocycles. The van der Waals surface area contributed by atoms with Gasteiger partial charge in [0.25, 0.3) is 5.91 Å². The molecule has 0 aliphatic rings. The Hall–Kier alpha value is -1.75. The lowest BCUT2D eigenvalue weighted by molar-refractivity contribution is -0.131. The van der Waals surface area contributed by atoms with E-state index in [1.165, 1.54) is 11.0 Å². The molecule has 0 fully saturated rings. The third kappa shape index (κ3) is 4.93. The minimum Gasteiger partial charge on any atom is -0.398 e. The number of nitrogens with one attached hydrogen (secondary N) is 1. The van der Waals surface area contributed by atoms with E-state index < -0.39 is 6.04 Å². The van der Waals surface area contributed by atoms with E-state index in [1.54, 1.807) is 26.2 Å². The van der Waals surface area contributed by atoms with E-state index >= 15 is 0 Å². The molecule has 0 spiro atoms. The fraction of sp³-hybridized carbons (Fsp3) is 0.467. The standard InChI is InChI=1S/C15H22ClN3O2/c1-9(2)7-13(15(21)19(3)4)18-14(20)10-5-6-12(17)11(16)8-10/h5-6,8-9,13H,7,17H2,1-4H3,(H,18,20). The summed E-state index contributed by atoms with van der Waals surface area (Å²) in [7, 11) is 3.34. The molecule has 1 rings (SSSR count). The maximum absolute atomic E-state index is 12.2. The second kappa shape index (κ2) is 7.31. The molecular formula is C15H22ClN3O2. The molecule has 5 nitrogen and oxygen atoms in total. The van der Waals surface area contributed by atoms with Gasteiger partial charge in [-0.05, 0) is 30.5 Å². The molecule has 1 aromatic rings. The molecule has 21 heavy (non-hydrogen) atoms. The van der Waals surface area contributed by atoms with Gasteiger partial charge in [0.2, 0.25) is 5.91 Å². The van der Waals surface area contributed by atoms with Crippen molar-refractivity contribution in [2.75, 3.05) is 19.8 Å². The Bertz CT molecular complexity index is 530. The van der Waals surface area contributed by atoms with Crippen LogP contribution in [0.2, 0.25) is 5.02 Å². The second-order valence-electron chi connectivity index (χ2n) is 5.62. The van der Waals surface area contributed by atoms with E-state index in [-0.39, 0.29) is 17.7 Å². The van der Waals surface area contributed by atoms with Crippen LogP contribution in [0.1, 0.15) is 30.6 Å². The molecule has 0 aromatic heterocycles. The highest BCUT2D eigenvalue weighted by molar-refractivity contribution is 6.33. The third-order valence-corrected chi connectivity index (χ3v) is 3.34. The number of hydrogen-bond donors (Lipinski definition) is 2. The molecule has 3 N–H and O–H groups in total. The third-order valence-electron chi connectivity index (χ3n) is 3.01. The van der Waals surface area contributed by atoms with Gasteiger partial charge in [-0.25, -0.2) is 0 Å². The van der Waals surface area contributed by atoms with Gasteiger partial charge in [0.1, 0.15) is 6.04 Å². The van der Waals surface area contributed by atoms with Crippen LogP contribution in [-0.4, -0.2) is 36.9 Å². The van der Waals surface area contributed by atoms with Gasteiger partial charge >= 0.3 is 0 Å². The summed E-state index contributed by atoms with van der Waals surface area (Å²) in [4.78, 5) is 25.9. The molecule has 0 aliphatic heterocycles. The summed E-state index contributed by atoms with van der Waals surface area (Å²) < 4.78 is 0. The Balaban J connectivity index is 2.89. The van der Waals surface area contributed by atoms with E-state index in [0.29, 0.717) is 22.7 Å². The number of amides is 2. The van der Waals surface area contributed by atoms with Gasteiger partial charge in [0.05, 0.1) is 10.7 Å². The first-order chi connectivity index (χ1) is 9.72. The molecule has 1 atom stereocenters. The number of likely N-dealkylation sites (N-methyl/N-ethyl adjacent to an activating group) is 1. The summed E-state index contributed by atoms with van der Waals surface area (Å²) in [5, 5.41) is 3.08. The Labute approximate surface area is 130 Å². The molecule has 6 heteroatoms. The van der Waals surface area contributed by atoms with Crippen LogP contribution in [-0.2, 0) is 4.79 Å². The van der Waals surface area contributed by atoms with Gasteiger partial charge in [-0.3, -0.25) is 9.59 Å². The number of hydrogen-bond acceptors (Lipinski definition) is 3. The van der Waals surface area contributed by atoms with Crippen LogP contribution >= 0.6 is 11.6 Å². The van der Waals surface area contributed by atoms with Gasteiger partial charge in [-0.2, -0.15) is 0 Å². The fourth-order valence-corrected chi connectivity index (χ4v) is 2.10. The number of carbonyl (C=O) groups is 2. The number of halogens is 1. The average molecular weight is 312 g/mol. The topological polar surface area (TPSA) is 75.4 Å². The molecule has 116 valence electrons. The van der Waals surface area contributed by atoms with E-state index in [4.69, 9.17) is 17.3 Å². The number of carbonyl (C=O) groups excluding carboxylic acids is 2. The van der Waals surface area contributed by atoms with Crippen LogP contribution in [0.25, 0.3) is 0 Å². The van der Waals surface area contributed by atoms with Crippen molar-refractivity contribution in [1.82, 2.24) is 10.2 Å². The minimum atomic E-state index is -0.552. The zero-order chi connectivity index (χ0) is 16.2. The number of rotatable bonds is 5. The maximum atomic E-state index is 12.2. The highest BCUT2D eigenvalue weighted by Gasteiger charge is 2.24. The lowest BCUT2D eigenvalue weighted by Crippen LogP contribution is -2.46. The molecule has 1 aromatic carbocycles. The molecule has 1 unspecified atom stereocenters. The molecule has 0 aliphatic carbocycles. The van der Waals surface area contributed by atoms with Crippen molar-refractivity contribution in [2.45, 2.75) is 26.3 Å². The summed E-state index contributed by atoms with van der Waals surface area (Å²) >= 11 is 5.91. The van der Waals surface area contributed by atoms with Crippen LogP contribution in [0.4, 0.5) is 5.69 Å². The quantitative estimate of drug-likeness (QED) is 0.818. The zero-order valence-electron chi connectivity index (χ0n) is 12.8. The zero-order valence-corrected chi connectivity index (χ0v) is 13.6. The Morgan fingerprint density at radius 2 is 1.95 bits per heavy atom. The van der Waals surface area contributed by atoms with Crippen molar-refractivity contribution >= 4 is 29.1 Å². The van der Waals surface area contributed by atoms with Crippen molar-refractivity contribution in [3.8, 4) is 0 Å². The first kappa shape index (κ1) is 17.3. The van der Waals surface area contributed by atoms with E-state index in [0.717, 1.165) is 0 Å². The van der Waals surface area contributed by atoms with Crippen LogP contribution in [0.15, 0.2) is 18.2 Å². The Morgan fingerprint density at radius 1 is 1.33 bits per heavy atom. The maximum Gasteiger partial charge on any atom is 0.251 e. The van der Waals surface area contributed by atoms with Gasteiger partial charge in [-0.15, -0.1) is 0 Å². The Morgan fingerprint density at radius 3 is 2.43 bits per heavy atom. The first-order valence-corrected chi connectivity index (χ1v) is 7.17. The summed E-state index contributed by atoms with van der Waals surface area (Å²) in [6, 6.07) is 4.11. The smallest absolute Gasteiger partial charge is 0.251 e. The van der Waals surface area contributed by atoms with Crippen molar-refractivity contribution in [3.63, 3.8) is 0 Å². The molecule has 0 radical (unpaired) electrons. The minimum absolute atomic E-state index is 0.126. The van der Waals surface area contributed by atoms with Crippen LogP contribution in [0, 0.1) is 5.92 Å². The monoisotopic (exact) mass is 311 g/mol. The van der Waals surface area contributed by atoms with Gasteiger partial charge in [-0.1, -0.05) is 25.4 Å². The molecule has 0 saturated heterocycles. The van der Waals surface area contributed by atoms with Crippen LogP contribution in [0.5, 0.6) is 0 Å². The van der Waals surface area contributed by atoms with Gasteiger partial charge in [0.15, 0.2) is 0 Å². The number of nitrogen functional groups attached to an aromatic ring is 1. The predicted molar refractivity (Wildman–Crippen MR) is 85.3 cm³/mol. The lowest BCUT2D eigenvalue weighted by atomic mass is 10.0. The van der Waals surface area contributed by atoms with Crippen molar-refractivity contribution in [1.29, 1.82) is 0 Å². The highest BCUT2D eigenvalue weighted by Crippen LogP contribution is 2.20. The van der Waals surface area contributed by atoms with Gasteiger partial charge < -0.3 is 16.0 Å².